The molecule has 68 valence electrons. The highest BCUT2D eigenvalue weighted by Crippen LogP contribution is 2.14. The fourth-order valence-corrected chi connectivity index (χ4v) is 2.14. The Morgan fingerprint density at radius 3 is 3.00 bits per heavy atom. The van der Waals surface area contributed by atoms with E-state index in [1.165, 1.54) is 11.3 Å². The van der Waals surface area contributed by atoms with Gasteiger partial charge in [-0.1, -0.05) is 12.9 Å². The largest absolute Gasteiger partial charge is 0.313 e. The van der Waals surface area contributed by atoms with E-state index in [1.807, 2.05) is 11.4 Å². The Balaban J connectivity index is 2.70. The highest BCUT2D eigenvalue weighted by Gasteiger charge is 2.15. The predicted octanol–water partition coefficient (Wildman–Crippen LogP) is 0.213. The van der Waals surface area contributed by atoms with E-state index >= 15 is 0 Å². The quantitative estimate of drug-likeness (QED) is 0.559. The second-order valence-electron chi connectivity index (χ2n) is 3.71. The molecule has 1 aliphatic rings. The van der Waals surface area contributed by atoms with Crippen molar-refractivity contribution in [3.63, 3.8) is 0 Å². The van der Waals surface area contributed by atoms with Gasteiger partial charge in [0.2, 0.25) is 5.56 Å². The molecule has 0 unspecified atom stereocenters. The van der Waals surface area contributed by atoms with E-state index in [9.17, 15) is 4.79 Å². The second kappa shape index (κ2) is 3.06. The summed E-state index contributed by atoms with van der Waals surface area (Å²) in [5, 5.41) is 0. The minimum absolute atomic E-state index is 0.237. The van der Waals surface area contributed by atoms with Gasteiger partial charge in [0.1, 0.15) is 0 Å². The fourth-order valence-electron chi connectivity index (χ4n) is 2.14. The number of nitrogens with zero attached hydrogens (tertiary/aromatic N) is 1. The van der Waals surface area contributed by atoms with E-state index in [-0.39, 0.29) is 5.56 Å². The van der Waals surface area contributed by atoms with E-state index < -0.39 is 0 Å². The molecular formula is C10H14BNO. The molecule has 0 amide bonds. The van der Waals surface area contributed by atoms with Crippen molar-refractivity contribution < 1.29 is 0 Å². The van der Waals surface area contributed by atoms with E-state index in [1.54, 1.807) is 0 Å². The summed E-state index contributed by atoms with van der Waals surface area (Å²) >= 11 is 0. The molecule has 2 heterocycles. The van der Waals surface area contributed by atoms with Crippen LogP contribution in [0, 0.1) is 6.92 Å². The summed E-state index contributed by atoms with van der Waals surface area (Å²) in [4.78, 5) is 11.8. The van der Waals surface area contributed by atoms with Gasteiger partial charge in [0, 0.05) is 12.2 Å². The Bertz CT molecular complexity index is 395. The van der Waals surface area contributed by atoms with Crippen molar-refractivity contribution in [3.05, 3.63) is 27.7 Å². The molecule has 1 aromatic heterocycles. The first-order valence-corrected chi connectivity index (χ1v) is 4.96. The third-order valence-corrected chi connectivity index (χ3v) is 2.87. The van der Waals surface area contributed by atoms with Crippen molar-refractivity contribution >= 4 is 12.7 Å². The van der Waals surface area contributed by atoms with Gasteiger partial charge < -0.3 is 4.57 Å². The zero-order valence-corrected chi connectivity index (χ0v) is 8.26. The number of aryl methyl sites for hydroxylation is 1. The number of rotatable bonds is 1. The van der Waals surface area contributed by atoms with Crippen LogP contribution in [0.2, 0.25) is 6.82 Å². The smallest absolute Gasteiger partial charge is 0.244 e. The van der Waals surface area contributed by atoms with E-state index in [0.29, 0.717) is 0 Å². The number of hydrogen-bond acceptors (Lipinski definition) is 1. The van der Waals surface area contributed by atoms with Crippen molar-refractivity contribution in [2.75, 3.05) is 0 Å². The van der Waals surface area contributed by atoms with Gasteiger partial charge in [-0.25, -0.2) is 0 Å². The first-order valence-electron chi connectivity index (χ1n) is 4.96. The van der Waals surface area contributed by atoms with Crippen molar-refractivity contribution in [2.24, 2.45) is 0 Å². The summed E-state index contributed by atoms with van der Waals surface area (Å²) < 4.78 is 1.95. The minimum atomic E-state index is 0.237. The highest BCUT2D eigenvalue weighted by atomic mass is 16.1. The maximum absolute atomic E-state index is 11.8. The standard InChI is InChI=1S/C10H14BNO/c1-7-6-8(11-2)10(13)12-5-3-4-9(7)12/h6,11H,3-5H2,1-2H3. The van der Waals surface area contributed by atoms with Crippen LogP contribution in [0.4, 0.5) is 0 Å². The molecule has 0 atom stereocenters. The topological polar surface area (TPSA) is 22.0 Å². The summed E-state index contributed by atoms with van der Waals surface area (Å²) in [6.07, 6.45) is 2.20. The van der Waals surface area contributed by atoms with Gasteiger partial charge in [-0.2, -0.15) is 0 Å². The molecule has 0 fully saturated rings. The molecule has 2 rings (SSSR count). The van der Waals surface area contributed by atoms with Crippen LogP contribution in [0.3, 0.4) is 0 Å². The van der Waals surface area contributed by atoms with Gasteiger partial charge in [0.25, 0.3) is 0 Å². The Kier molecular flexibility index (Phi) is 2.02. The average Bonchev–Trinajstić information content (AvgIpc) is 2.60. The van der Waals surface area contributed by atoms with Crippen LogP contribution < -0.4 is 11.0 Å². The van der Waals surface area contributed by atoms with Crippen molar-refractivity contribution in [1.29, 1.82) is 0 Å². The van der Waals surface area contributed by atoms with E-state index in [4.69, 9.17) is 0 Å². The summed E-state index contributed by atoms with van der Waals surface area (Å²) in [6.45, 7) is 5.07. The zero-order chi connectivity index (χ0) is 9.42. The zero-order valence-electron chi connectivity index (χ0n) is 8.26. The predicted molar refractivity (Wildman–Crippen MR) is 56.4 cm³/mol. The lowest BCUT2D eigenvalue weighted by molar-refractivity contribution is 0.723. The van der Waals surface area contributed by atoms with Crippen molar-refractivity contribution in [1.82, 2.24) is 4.57 Å². The van der Waals surface area contributed by atoms with Crippen LogP contribution in [-0.2, 0) is 13.0 Å². The van der Waals surface area contributed by atoms with Gasteiger partial charge in [-0.05, 0) is 30.8 Å². The fraction of sp³-hybridized carbons (Fsp3) is 0.500. The molecule has 0 saturated heterocycles. The third-order valence-electron chi connectivity index (χ3n) is 2.87. The van der Waals surface area contributed by atoms with Crippen LogP contribution in [0.1, 0.15) is 17.7 Å². The normalized spacial score (nSPS) is 14.3. The lowest BCUT2D eigenvalue weighted by Crippen LogP contribution is -2.37. The summed E-state index contributed by atoms with van der Waals surface area (Å²) in [5.74, 6) is 0. The van der Waals surface area contributed by atoms with E-state index in [0.717, 1.165) is 32.1 Å². The van der Waals surface area contributed by atoms with Gasteiger partial charge in [0.15, 0.2) is 7.28 Å². The molecule has 0 bridgehead atoms. The number of fused-ring (bicyclic) bond motifs is 1. The second-order valence-corrected chi connectivity index (χ2v) is 3.71. The maximum Gasteiger partial charge on any atom is 0.244 e. The third kappa shape index (κ3) is 1.23. The SMILES string of the molecule is CBc1cc(C)c2n(c1=O)CCC2. The molecule has 0 spiro atoms. The summed E-state index contributed by atoms with van der Waals surface area (Å²) in [6, 6.07) is 2.06. The van der Waals surface area contributed by atoms with Gasteiger partial charge in [-0.15, -0.1) is 0 Å². The van der Waals surface area contributed by atoms with Crippen LogP contribution in [0.5, 0.6) is 0 Å². The lowest BCUT2D eigenvalue weighted by atomic mass is 9.73. The Labute approximate surface area is 78.8 Å². The minimum Gasteiger partial charge on any atom is -0.313 e. The highest BCUT2D eigenvalue weighted by molar-refractivity contribution is 6.51. The van der Waals surface area contributed by atoms with Crippen molar-refractivity contribution in [3.8, 4) is 0 Å². The van der Waals surface area contributed by atoms with Crippen LogP contribution >= 0.6 is 0 Å². The Morgan fingerprint density at radius 2 is 2.31 bits per heavy atom. The van der Waals surface area contributed by atoms with Gasteiger partial charge in [0.05, 0.1) is 0 Å². The molecule has 0 saturated carbocycles. The number of aromatic nitrogens is 1. The Hall–Kier alpha value is -0.985. The molecular weight excluding hydrogens is 161 g/mol. The number of hydrogen-bond donors (Lipinski definition) is 0. The molecule has 13 heavy (non-hydrogen) atoms. The van der Waals surface area contributed by atoms with Crippen LogP contribution in [0.25, 0.3) is 0 Å². The molecule has 0 aromatic carbocycles. The van der Waals surface area contributed by atoms with Crippen LogP contribution in [0.15, 0.2) is 10.9 Å². The molecule has 0 radical (unpaired) electrons. The van der Waals surface area contributed by atoms with Crippen LogP contribution in [-0.4, -0.2) is 11.8 Å². The molecule has 1 aliphatic heterocycles. The van der Waals surface area contributed by atoms with E-state index in [2.05, 4.69) is 13.0 Å². The first kappa shape index (κ1) is 8.61. The van der Waals surface area contributed by atoms with Gasteiger partial charge in [-0.3, -0.25) is 4.79 Å². The molecule has 2 nitrogen and oxygen atoms in total. The summed E-state index contributed by atoms with van der Waals surface area (Å²) in [7, 11) is 0.847. The molecule has 0 N–H and O–H groups in total. The lowest BCUT2D eigenvalue weighted by Gasteiger charge is -2.08. The molecule has 1 aromatic rings. The Morgan fingerprint density at radius 1 is 1.54 bits per heavy atom. The van der Waals surface area contributed by atoms with Gasteiger partial charge >= 0.3 is 0 Å². The molecule has 3 heteroatoms. The summed E-state index contributed by atoms with van der Waals surface area (Å²) in [5.41, 5.74) is 3.74. The van der Waals surface area contributed by atoms with Crippen molar-refractivity contribution in [2.45, 2.75) is 33.1 Å². The first-order chi connectivity index (χ1) is 6.24. The molecule has 0 aliphatic carbocycles. The maximum atomic E-state index is 11.8. The average molecular weight is 175 g/mol. The number of pyridine rings is 1. The monoisotopic (exact) mass is 175 g/mol.